The number of sulfone groups is 1. The summed E-state index contributed by atoms with van der Waals surface area (Å²) >= 11 is 0. The number of phenols is 1. The maximum Gasteiger partial charge on any atom is 0.313 e. The van der Waals surface area contributed by atoms with Crippen molar-refractivity contribution in [3.05, 3.63) is 24.3 Å². The monoisotopic (exact) mass is 356 g/mol. The van der Waals surface area contributed by atoms with E-state index in [1.807, 2.05) is 0 Å². The van der Waals surface area contributed by atoms with E-state index in [-0.39, 0.29) is 30.4 Å². The van der Waals surface area contributed by atoms with E-state index in [0.29, 0.717) is 12.1 Å². The minimum absolute atomic E-state index is 0.00795. The first kappa shape index (κ1) is 18.2. The molecular formula is C15H20N2O6S. The minimum Gasteiger partial charge on any atom is -0.508 e. The Balaban J connectivity index is 2.08. The maximum absolute atomic E-state index is 12.4. The molecule has 2 rings (SSSR count). The summed E-state index contributed by atoms with van der Waals surface area (Å²) < 4.78 is 28.2. The second kappa shape index (κ2) is 7.63. The second-order valence-electron chi connectivity index (χ2n) is 5.55. The Kier molecular flexibility index (Phi) is 5.79. The number of ether oxygens (including phenoxy) is 1. The minimum atomic E-state index is -3.18. The lowest BCUT2D eigenvalue weighted by atomic mass is 10.2. The van der Waals surface area contributed by atoms with Crippen molar-refractivity contribution in [3.63, 3.8) is 0 Å². The molecule has 0 radical (unpaired) electrons. The highest BCUT2D eigenvalue weighted by Gasteiger charge is 2.36. The van der Waals surface area contributed by atoms with Crippen LogP contribution in [0.15, 0.2) is 24.3 Å². The molecule has 1 aliphatic heterocycles. The van der Waals surface area contributed by atoms with Gasteiger partial charge in [0, 0.05) is 25.4 Å². The molecule has 9 heteroatoms. The van der Waals surface area contributed by atoms with Crippen LogP contribution in [-0.4, -0.2) is 68.0 Å². The SMILES string of the molecule is COCCN(C(=O)C(=O)Nc1ccc(O)cc1)C1CCS(=O)(=O)C1. The van der Waals surface area contributed by atoms with E-state index in [4.69, 9.17) is 4.74 Å². The number of anilines is 1. The lowest BCUT2D eigenvalue weighted by molar-refractivity contribution is -0.144. The molecule has 1 unspecified atom stereocenters. The number of benzene rings is 1. The molecule has 0 aromatic heterocycles. The van der Waals surface area contributed by atoms with Gasteiger partial charge in [0.25, 0.3) is 0 Å². The van der Waals surface area contributed by atoms with E-state index in [2.05, 4.69) is 5.32 Å². The fourth-order valence-electron chi connectivity index (χ4n) is 2.52. The average molecular weight is 356 g/mol. The van der Waals surface area contributed by atoms with Crippen molar-refractivity contribution in [2.45, 2.75) is 12.5 Å². The van der Waals surface area contributed by atoms with Crippen molar-refractivity contribution in [2.75, 3.05) is 37.1 Å². The number of phenolic OH excluding ortho intramolecular Hbond substituents is 1. The van der Waals surface area contributed by atoms with Crippen LogP contribution in [0.25, 0.3) is 0 Å². The molecule has 1 fully saturated rings. The van der Waals surface area contributed by atoms with E-state index in [1.165, 1.54) is 36.3 Å². The van der Waals surface area contributed by atoms with Gasteiger partial charge in [0.2, 0.25) is 0 Å². The molecule has 0 aliphatic carbocycles. The van der Waals surface area contributed by atoms with Crippen molar-refractivity contribution in [1.29, 1.82) is 0 Å². The van der Waals surface area contributed by atoms with Crippen LogP contribution < -0.4 is 5.32 Å². The largest absolute Gasteiger partial charge is 0.508 e. The molecule has 2 amide bonds. The van der Waals surface area contributed by atoms with Crippen LogP contribution >= 0.6 is 0 Å². The number of carbonyl (C=O) groups is 2. The zero-order valence-corrected chi connectivity index (χ0v) is 14.1. The Morgan fingerprint density at radius 1 is 1.33 bits per heavy atom. The molecule has 2 N–H and O–H groups in total. The maximum atomic E-state index is 12.4. The van der Waals surface area contributed by atoms with E-state index in [1.54, 1.807) is 0 Å². The second-order valence-corrected chi connectivity index (χ2v) is 7.78. The van der Waals surface area contributed by atoms with Gasteiger partial charge in [-0.15, -0.1) is 0 Å². The number of nitrogens with one attached hydrogen (secondary N) is 1. The van der Waals surface area contributed by atoms with Crippen LogP contribution in [0.4, 0.5) is 5.69 Å². The molecule has 1 aliphatic rings. The number of aromatic hydroxyl groups is 1. The summed E-state index contributed by atoms with van der Waals surface area (Å²) in [5.74, 6) is -1.76. The lowest BCUT2D eigenvalue weighted by Gasteiger charge is -2.27. The lowest BCUT2D eigenvalue weighted by Crippen LogP contribution is -2.47. The third-order valence-electron chi connectivity index (χ3n) is 3.77. The first-order valence-electron chi connectivity index (χ1n) is 7.43. The Bertz CT molecular complexity index is 701. The van der Waals surface area contributed by atoms with Crippen molar-refractivity contribution in [2.24, 2.45) is 0 Å². The Hall–Kier alpha value is -2.13. The number of hydrogen-bond acceptors (Lipinski definition) is 6. The van der Waals surface area contributed by atoms with Crippen LogP contribution in [0.5, 0.6) is 5.75 Å². The van der Waals surface area contributed by atoms with Gasteiger partial charge >= 0.3 is 11.8 Å². The van der Waals surface area contributed by atoms with Gasteiger partial charge in [-0.25, -0.2) is 8.42 Å². The van der Waals surface area contributed by atoms with Gasteiger partial charge in [-0.1, -0.05) is 0 Å². The first-order chi connectivity index (χ1) is 11.3. The number of methoxy groups -OCH3 is 1. The molecule has 1 saturated heterocycles. The van der Waals surface area contributed by atoms with Gasteiger partial charge in [0.15, 0.2) is 9.84 Å². The van der Waals surface area contributed by atoms with Crippen LogP contribution in [0.2, 0.25) is 0 Å². The topological polar surface area (TPSA) is 113 Å². The highest BCUT2D eigenvalue weighted by molar-refractivity contribution is 7.91. The summed E-state index contributed by atoms with van der Waals surface area (Å²) in [4.78, 5) is 25.9. The van der Waals surface area contributed by atoms with Gasteiger partial charge in [-0.2, -0.15) is 0 Å². The van der Waals surface area contributed by atoms with Crippen LogP contribution in [0.3, 0.4) is 0 Å². The Labute approximate surface area is 140 Å². The predicted molar refractivity (Wildman–Crippen MR) is 87.4 cm³/mol. The van der Waals surface area contributed by atoms with Gasteiger partial charge in [0.1, 0.15) is 5.75 Å². The molecule has 0 saturated carbocycles. The normalized spacial score (nSPS) is 19.0. The molecule has 1 heterocycles. The third kappa shape index (κ3) is 4.68. The highest BCUT2D eigenvalue weighted by Crippen LogP contribution is 2.19. The quantitative estimate of drug-likeness (QED) is 0.567. The molecule has 24 heavy (non-hydrogen) atoms. The van der Waals surface area contributed by atoms with Crippen molar-refractivity contribution in [1.82, 2.24) is 4.90 Å². The third-order valence-corrected chi connectivity index (χ3v) is 5.52. The van der Waals surface area contributed by atoms with Crippen molar-refractivity contribution < 1.29 is 27.9 Å². The zero-order chi connectivity index (χ0) is 17.7. The fraction of sp³-hybridized carbons (Fsp3) is 0.467. The van der Waals surface area contributed by atoms with E-state index in [9.17, 15) is 23.1 Å². The van der Waals surface area contributed by atoms with Gasteiger partial charge in [-0.05, 0) is 30.7 Å². The molecule has 0 bridgehead atoms. The Morgan fingerprint density at radius 3 is 2.54 bits per heavy atom. The summed E-state index contributed by atoms with van der Waals surface area (Å²) in [7, 11) is -1.72. The molecule has 1 atom stereocenters. The molecule has 1 aromatic rings. The molecule has 132 valence electrons. The number of rotatable bonds is 5. The summed E-state index contributed by atoms with van der Waals surface area (Å²) in [6.07, 6.45) is 0.310. The van der Waals surface area contributed by atoms with Gasteiger partial charge < -0.3 is 20.1 Å². The fourth-order valence-corrected chi connectivity index (χ4v) is 4.25. The number of carbonyl (C=O) groups excluding carboxylic acids is 2. The summed E-state index contributed by atoms with van der Waals surface area (Å²) in [5, 5.41) is 11.7. The number of nitrogens with zero attached hydrogens (tertiary/aromatic N) is 1. The van der Waals surface area contributed by atoms with E-state index >= 15 is 0 Å². The Morgan fingerprint density at radius 2 is 2.00 bits per heavy atom. The smallest absolute Gasteiger partial charge is 0.313 e. The van der Waals surface area contributed by atoms with Crippen LogP contribution in [-0.2, 0) is 24.2 Å². The van der Waals surface area contributed by atoms with Gasteiger partial charge in [0.05, 0.1) is 18.1 Å². The molecular weight excluding hydrogens is 336 g/mol. The van der Waals surface area contributed by atoms with Crippen molar-refractivity contribution >= 4 is 27.3 Å². The first-order valence-corrected chi connectivity index (χ1v) is 9.25. The molecule has 8 nitrogen and oxygen atoms in total. The van der Waals surface area contributed by atoms with Crippen molar-refractivity contribution in [3.8, 4) is 5.75 Å². The predicted octanol–water partition coefficient (Wildman–Crippen LogP) is -0.00720. The average Bonchev–Trinajstić information content (AvgIpc) is 2.89. The summed E-state index contributed by atoms with van der Waals surface area (Å²) in [6.45, 7) is 0.341. The summed E-state index contributed by atoms with van der Waals surface area (Å²) in [6, 6.07) is 5.15. The van der Waals surface area contributed by atoms with Crippen LogP contribution in [0.1, 0.15) is 6.42 Å². The zero-order valence-electron chi connectivity index (χ0n) is 13.3. The van der Waals surface area contributed by atoms with Crippen LogP contribution in [0, 0.1) is 0 Å². The van der Waals surface area contributed by atoms with E-state index in [0.717, 1.165) is 0 Å². The van der Waals surface area contributed by atoms with Gasteiger partial charge in [-0.3, -0.25) is 9.59 Å². The number of hydrogen-bond donors (Lipinski definition) is 2. The summed E-state index contributed by atoms with van der Waals surface area (Å²) in [5.41, 5.74) is 0.358. The number of amides is 2. The highest BCUT2D eigenvalue weighted by atomic mass is 32.2. The van der Waals surface area contributed by atoms with E-state index < -0.39 is 27.7 Å². The molecule has 0 spiro atoms. The molecule has 1 aromatic carbocycles. The standard InChI is InChI=1S/C15H20N2O6S/c1-23-8-7-17(12-6-9-24(21,22)10-12)15(20)14(19)16-11-2-4-13(18)5-3-11/h2-5,12,18H,6-10H2,1H3,(H,16,19).